The minimum Gasteiger partial charge on any atom is -0.437 e. The lowest BCUT2D eigenvalue weighted by molar-refractivity contribution is 0.651. The van der Waals surface area contributed by atoms with Gasteiger partial charge in [-0.3, -0.25) is 4.57 Å². The van der Waals surface area contributed by atoms with Crippen molar-refractivity contribution in [3.05, 3.63) is 158 Å². The molecule has 5 nitrogen and oxygen atoms in total. The van der Waals surface area contributed by atoms with Crippen molar-refractivity contribution in [1.82, 2.24) is 19.1 Å². The van der Waals surface area contributed by atoms with Gasteiger partial charge >= 0.3 is 0 Å². The van der Waals surface area contributed by atoms with Crippen molar-refractivity contribution < 1.29 is 4.42 Å². The summed E-state index contributed by atoms with van der Waals surface area (Å²) in [6.07, 6.45) is 0. The molecule has 0 bridgehead atoms. The summed E-state index contributed by atoms with van der Waals surface area (Å²) in [4.78, 5) is 10.7. The molecule has 0 aliphatic heterocycles. The van der Waals surface area contributed by atoms with Crippen molar-refractivity contribution in [3.63, 3.8) is 0 Å². The minimum atomic E-state index is 0.570. The van der Waals surface area contributed by atoms with Crippen LogP contribution < -0.4 is 0 Å². The van der Waals surface area contributed by atoms with Gasteiger partial charge in [-0.05, 0) is 60.7 Å². The van der Waals surface area contributed by atoms with E-state index in [2.05, 4.69) is 155 Å². The first-order valence-corrected chi connectivity index (χ1v) is 18.2. The highest BCUT2D eigenvalue weighted by Gasteiger charge is 2.23. The molecule has 0 atom stereocenters. The molecule has 0 aliphatic rings. The number of aromatic nitrogens is 4. The van der Waals surface area contributed by atoms with Gasteiger partial charge in [0.15, 0.2) is 0 Å². The number of benzene rings is 7. The van der Waals surface area contributed by atoms with Crippen molar-refractivity contribution in [3.8, 4) is 22.9 Å². The fourth-order valence-electron chi connectivity index (χ4n) is 8.39. The number of rotatable bonds is 3. The Hall–Kier alpha value is -6.76. The van der Waals surface area contributed by atoms with Gasteiger partial charge in [0.25, 0.3) is 0 Å². The number of fused-ring (bicyclic) bond motifs is 13. The molecule has 0 amide bonds. The topological polar surface area (TPSA) is 48.8 Å². The van der Waals surface area contributed by atoms with E-state index in [1.165, 1.54) is 47.2 Å². The van der Waals surface area contributed by atoms with Crippen LogP contribution in [-0.4, -0.2) is 19.1 Å². The Morgan fingerprint density at radius 3 is 1.98 bits per heavy atom. The second-order valence-corrected chi connectivity index (χ2v) is 14.4. The zero-order valence-electron chi connectivity index (χ0n) is 27.6. The summed E-state index contributed by atoms with van der Waals surface area (Å²) in [5.74, 6) is 0.582. The van der Waals surface area contributed by atoms with E-state index in [4.69, 9.17) is 14.4 Å². The smallest absolute Gasteiger partial charge is 0.238 e. The van der Waals surface area contributed by atoms with Crippen LogP contribution in [0.1, 0.15) is 0 Å². The van der Waals surface area contributed by atoms with Crippen molar-refractivity contribution in [2.24, 2.45) is 0 Å². The van der Waals surface area contributed by atoms with E-state index in [1.807, 2.05) is 23.5 Å². The highest BCUT2D eigenvalue weighted by atomic mass is 32.1. The molecule has 52 heavy (non-hydrogen) atoms. The molecule has 5 aromatic heterocycles. The van der Waals surface area contributed by atoms with E-state index >= 15 is 0 Å². The van der Waals surface area contributed by atoms with Gasteiger partial charge in [0.2, 0.25) is 11.7 Å². The van der Waals surface area contributed by atoms with Crippen LogP contribution in [0.2, 0.25) is 0 Å². The summed E-state index contributed by atoms with van der Waals surface area (Å²) in [5, 5.41) is 9.22. The van der Waals surface area contributed by atoms with E-state index in [-0.39, 0.29) is 0 Å². The van der Waals surface area contributed by atoms with Gasteiger partial charge in [-0.2, -0.15) is 4.98 Å². The summed E-state index contributed by atoms with van der Waals surface area (Å²) < 4.78 is 13.7. The largest absolute Gasteiger partial charge is 0.437 e. The van der Waals surface area contributed by atoms with Crippen molar-refractivity contribution in [2.45, 2.75) is 0 Å². The summed E-state index contributed by atoms with van der Waals surface area (Å²) in [7, 11) is 0. The standard InChI is InChI=1S/C46H26N4OS/c1-2-12-28(13-3-1)49-34-18-8-4-14-29(34)33-26-27(22-23-36(33)49)44-43-31-16-6-10-20-38(31)51-45(43)48-46(47-44)50-35-19-9-5-15-30(35)41-37(50)24-25-40-42(41)32-17-7-11-21-39(32)52-40/h1-26H. The summed E-state index contributed by atoms with van der Waals surface area (Å²) in [6, 6.07) is 55.9. The lowest BCUT2D eigenvalue weighted by atomic mass is 10.0. The van der Waals surface area contributed by atoms with E-state index in [0.29, 0.717) is 11.7 Å². The molecule has 7 aromatic carbocycles. The van der Waals surface area contributed by atoms with Gasteiger partial charge in [-0.15, -0.1) is 11.3 Å². The van der Waals surface area contributed by atoms with Crippen LogP contribution in [-0.2, 0) is 0 Å². The maximum atomic E-state index is 6.55. The van der Waals surface area contributed by atoms with Gasteiger partial charge in [-0.1, -0.05) is 97.1 Å². The Balaban J connectivity index is 1.19. The monoisotopic (exact) mass is 682 g/mol. The van der Waals surface area contributed by atoms with Crippen LogP contribution in [0, 0.1) is 0 Å². The van der Waals surface area contributed by atoms with Crippen LogP contribution >= 0.6 is 11.3 Å². The van der Waals surface area contributed by atoms with Gasteiger partial charge in [0.05, 0.1) is 33.1 Å². The molecule has 12 aromatic rings. The molecule has 0 fully saturated rings. The molecule has 0 spiro atoms. The Kier molecular flexibility index (Phi) is 5.59. The number of hydrogen-bond donors (Lipinski definition) is 0. The zero-order chi connectivity index (χ0) is 33.9. The normalized spacial score (nSPS) is 12.2. The summed E-state index contributed by atoms with van der Waals surface area (Å²) >= 11 is 1.84. The lowest BCUT2D eigenvalue weighted by Crippen LogP contribution is -2.02. The third kappa shape index (κ3) is 3.76. The average Bonchev–Trinajstić information content (AvgIpc) is 3.95. The first kappa shape index (κ1) is 28.0. The molecule has 0 saturated heterocycles. The second-order valence-electron chi connectivity index (χ2n) is 13.4. The number of hydrogen-bond acceptors (Lipinski definition) is 4. The Labute approximate surface area is 300 Å². The first-order chi connectivity index (χ1) is 25.8. The molecule has 12 rings (SSSR count). The zero-order valence-corrected chi connectivity index (χ0v) is 28.4. The minimum absolute atomic E-state index is 0.570. The van der Waals surface area contributed by atoms with E-state index in [1.54, 1.807) is 0 Å². The SMILES string of the molecule is c1ccc(-n2c3ccccc3c3cc(-c4nc(-n5c6ccccc6c6c7c(ccc65)sc5ccccc57)nc5oc6ccccc6c45)ccc32)cc1. The van der Waals surface area contributed by atoms with Crippen LogP contribution in [0.15, 0.2) is 162 Å². The van der Waals surface area contributed by atoms with Gasteiger partial charge in [-0.25, -0.2) is 4.98 Å². The van der Waals surface area contributed by atoms with Gasteiger partial charge < -0.3 is 8.98 Å². The van der Waals surface area contributed by atoms with E-state index in [9.17, 15) is 0 Å². The van der Waals surface area contributed by atoms with E-state index in [0.717, 1.165) is 49.9 Å². The lowest BCUT2D eigenvalue weighted by Gasteiger charge is -2.11. The second kappa shape index (κ2) is 10.4. The average molecular weight is 683 g/mol. The van der Waals surface area contributed by atoms with Crippen molar-refractivity contribution in [1.29, 1.82) is 0 Å². The molecule has 0 saturated carbocycles. The molecule has 0 aliphatic carbocycles. The summed E-state index contributed by atoms with van der Waals surface area (Å²) in [5.41, 5.74) is 8.79. The number of furan rings is 1. The van der Waals surface area contributed by atoms with Crippen molar-refractivity contribution in [2.75, 3.05) is 0 Å². The highest BCUT2D eigenvalue weighted by Crippen LogP contribution is 2.44. The number of thiophene rings is 1. The molecule has 242 valence electrons. The third-order valence-corrected chi connectivity index (χ3v) is 11.7. The van der Waals surface area contributed by atoms with Crippen LogP contribution in [0.3, 0.4) is 0 Å². The Bertz CT molecular complexity index is 3420. The van der Waals surface area contributed by atoms with Crippen LogP contribution in [0.25, 0.3) is 109 Å². The third-order valence-electron chi connectivity index (χ3n) is 10.6. The number of nitrogens with zero attached hydrogens (tertiary/aromatic N) is 4. The first-order valence-electron chi connectivity index (χ1n) is 17.4. The molecule has 0 N–H and O–H groups in total. The molecular weight excluding hydrogens is 657 g/mol. The molecule has 6 heteroatoms. The molecule has 0 unspecified atom stereocenters. The Morgan fingerprint density at radius 1 is 0.442 bits per heavy atom. The molecule has 5 heterocycles. The highest BCUT2D eigenvalue weighted by molar-refractivity contribution is 7.26. The summed E-state index contributed by atoms with van der Waals surface area (Å²) in [6.45, 7) is 0. The van der Waals surface area contributed by atoms with Crippen LogP contribution in [0.4, 0.5) is 0 Å². The molecular formula is C46H26N4OS. The van der Waals surface area contributed by atoms with Crippen LogP contribution in [0.5, 0.6) is 0 Å². The van der Waals surface area contributed by atoms with Crippen molar-refractivity contribution >= 4 is 97.2 Å². The fourth-order valence-corrected chi connectivity index (χ4v) is 9.50. The van der Waals surface area contributed by atoms with Gasteiger partial charge in [0, 0.05) is 58.4 Å². The molecule has 0 radical (unpaired) electrons. The maximum absolute atomic E-state index is 6.55. The Morgan fingerprint density at radius 2 is 1.12 bits per heavy atom. The number of para-hydroxylation sites is 4. The predicted molar refractivity (Wildman–Crippen MR) is 216 cm³/mol. The quantitative estimate of drug-likeness (QED) is 0.186. The van der Waals surface area contributed by atoms with E-state index < -0.39 is 0 Å². The maximum Gasteiger partial charge on any atom is 0.238 e. The van der Waals surface area contributed by atoms with Gasteiger partial charge in [0.1, 0.15) is 5.58 Å². The predicted octanol–water partition coefficient (Wildman–Crippen LogP) is 12.6. The fraction of sp³-hybridized carbons (Fsp3) is 0.